The number of hydrogen-bond acceptors (Lipinski definition) is 4. The summed E-state index contributed by atoms with van der Waals surface area (Å²) < 4.78 is 41.7. The van der Waals surface area contributed by atoms with Gasteiger partial charge in [-0.2, -0.15) is 8.78 Å². The van der Waals surface area contributed by atoms with Crippen molar-refractivity contribution in [3.05, 3.63) is 71.8 Å². The van der Waals surface area contributed by atoms with Crippen LogP contribution in [0.1, 0.15) is 11.1 Å². The Labute approximate surface area is 151 Å². The van der Waals surface area contributed by atoms with Crippen molar-refractivity contribution in [1.82, 2.24) is 10.0 Å². The molecule has 4 rings (SSSR count). The van der Waals surface area contributed by atoms with Crippen LogP contribution in [0.15, 0.2) is 60.7 Å². The van der Waals surface area contributed by atoms with E-state index in [2.05, 4.69) is 0 Å². The number of morpholine rings is 2. The van der Waals surface area contributed by atoms with Crippen molar-refractivity contribution in [3.8, 4) is 0 Å². The van der Waals surface area contributed by atoms with E-state index in [9.17, 15) is 0 Å². The Hall–Kier alpha value is -1.86. The van der Waals surface area contributed by atoms with Gasteiger partial charge in [0.1, 0.15) is 0 Å². The summed E-state index contributed by atoms with van der Waals surface area (Å²) in [7, 11) is 0. The maximum Gasteiger partial charge on any atom is 0.383 e. The summed E-state index contributed by atoms with van der Waals surface area (Å²) in [5.41, 5.74) is -0.685. The van der Waals surface area contributed by atoms with Crippen molar-refractivity contribution in [2.75, 3.05) is 39.5 Å². The van der Waals surface area contributed by atoms with Gasteiger partial charge in [0.25, 0.3) is 0 Å². The Morgan fingerprint density at radius 3 is 1.81 bits per heavy atom. The molecule has 2 aromatic rings. The van der Waals surface area contributed by atoms with E-state index >= 15 is 8.78 Å². The molecule has 0 amide bonds. The Morgan fingerprint density at radius 1 is 0.731 bits per heavy atom. The minimum absolute atomic E-state index is 0.0220. The van der Waals surface area contributed by atoms with E-state index in [1.165, 1.54) is 0 Å². The molecule has 0 saturated carbocycles. The zero-order valence-electron chi connectivity index (χ0n) is 14.5. The van der Waals surface area contributed by atoms with Crippen molar-refractivity contribution in [2.24, 2.45) is 0 Å². The highest BCUT2D eigenvalue weighted by Crippen LogP contribution is 2.51. The predicted octanol–water partition coefficient (Wildman–Crippen LogP) is 3.10. The normalized spacial score (nSPS) is 23.6. The monoisotopic (exact) mass is 360 g/mol. The maximum atomic E-state index is 15.6. The van der Waals surface area contributed by atoms with E-state index in [1.54, 1.807) is 53.5 Å². The molecule has 0 unspecified atom stereocenters. The second-order valence-electron chi connectivity index (χ2n) is 6.50. The number of hydrogen-bond donors (Lipinski definition) is 0. The number of ether oxygens (including phenoxy) is 2. The number of alkyl halides is 2. The van der Waals surface area contributed by atoms with E-state index in [1.807, 2.05) is 17.1 Å². The van der Waals surface area contributed by atoms with Gasteiger partial charge in [0.2, 0.25) is 0 Å². The molecule has 2 aliphatic rings. The number of rotatable bonds is 3. The highest BCUT2D eigenvalue weighted by Gasteiger charge is 2.64. The third kappa shape index (κ3) is 2.74. The molecule has 138 valence electrons. The molecule has 2 fully saturated rings. The van der Waals surface area contributed by atoms with Gasteiger partial charge in [-0.05, 0) is 11.1 Å². The Balaban J connectivity index is 1.94. The maximum absolute atomic E-state index is 15.6. The number of halogens is 2. The third-order valence-electron chi connectivity index (χ3n) is 5.11. The lowest BCUT2D eigenvalue weighted by Gasteiger charge is -2.55. The summed E-state index contributed by atoms with van der Waals surface area (Å²) in [6.45, 7) is 2.59. The lowest BCUT2D eigenvalue weighted by Crippen LogP contribution is -2.69. The molecule has 0 bridgehead atoms. The van der Waals surface area contributed by atoms with E-state index in [-0.39, 0.29) is 6.61 Å². The van der Waals surface area contributed by atoms with Gasteiger partial charge in [-0.25, -0.2) is 10.0 Å². The van der Waals surface area contributed by atoms with Gasteiger partial charge in [0.15, 0.2) is 5.54 Å². The average Bonchev–Trinajstić information content (AvgIpc) is 2.69. The van der Waals surface area contributed by atoms with Gasteiger partial charge in [-0.3, -0.25) is 0 Å². The second-order valence-corrected chi connectivity index (χ2v) is 6.50. The Morgan fingerprint density at radius 2 is 1.27 bits per heavy atom. The van der Waals surface area contributed by atoms with Crippen LogP contribution in [0.2, 0.25) is 0 Å². The zero-order valence-corrected chi connectivity index (χ0v) is 14.5. The summed E-state index contributed by atoms with van der Waals surface area (Å²) in [6, 6.07) is 17.9. The molecule has 0 radical (unpaired) electrons. The summed E-state index contributed by atoms with van der Waals surface area (Å²) in [5.74, 6) is 0. The topological polar surface area (TPSA) is 24.9 Å². The predicted molar refractivity (Wildman–Crippen MR) is 93.7 cm³/mol. The molecule has 26 heavy (non-hydrogen) atoms. The second kappa shape index (κ2) is 7.04. The molecule has 0 aliphatic carbocycles. The fraction of sp³-hybridized carbons (Fsp3) is 0.400. The fourth-order valence-corrected chi connectivity index (χ4v) is 3.99. The van der Waals surface area contributed by atoms with E-state index in [4.69, 9.17) is 9.47 Å². The minimum Gasteiger partial charge on any atom is -0.379 e. The standard InChI is InChI=1S/C20H22F2N2O2/c21-20(22)19(17-7-3-1-4-8-17,18-9-5-2-6-10-18)24(13-16-26-20)23-11-14-25-15-12-23/h1-10H,11-16H2. The Bertz CT molecular complexity index is 682. The van der Waals surface area contributed by atoms with Crippen molar-refractivity contribution in [3.63, 3.8) is 0 Å². The number of nitrogens with zero attached hydrogens (tertiary/aromatic N) is 2. The van der Waals surface area contributed by atoms with Gasteiger partial charge in [-0.15, -0.1) is 0 Å². The van der Waals surface area contributed by atoms with Gasteiger partial charge in [0, 0.05) is 19.6 Å². The van der Waals surface area contributed by atoms with Crippen molar-refractivity contribution in [1.29, 1.82) is 0 Å². The smallest absolute Gasteiger partial charge is 0.379 e. The lowest BCUT2D eigenvalue weighted by molar-refractivity contribution is -0.362. The summed E-state index contributed by atoms with van der Waals surface area (Å²) in [6.07, 6.45) is -3.38. The molecule has 2 aliphatic heterocycles. The average molecular weight is 360 g/mol. The molecular formula is C20H22F2N2O2. The minimum atomic E-state index is -3.38. The van der Waals surface area contributed by atoms with Crippen molar-refractivity contribution >= 4 is 0 Å². The molecule has 0 spiro atoms. The molecule has 2 saturated heterocycles. The summed E-state index contributed by atoms with van der Waals surface area (Å²) in [5, 5.41) is 3.78. The summed E-state index contributed by atoms with van der Waals surface area (Å²) >= 11 is 0. The van der Waals surface area contributed by atoms with E-state index in [0.29, 0.717) is 44.0 Å². The largest absolute Gasteiger partial charge is 0.383 e. The molecular weight excluding hydrogens is 338 g/mol. The highest BCUT2D eigenvalue weighted by molar-refractivity contribution is 5.41. The molecule has 6 heteroatoms. The zero-order chi connectivity index (χ0) is 18.0. The number of hydrazine groups is 1. The molecule has 2 heterocycles. The first-order valence-electron chi connectivity index (χ1n) is 8.89. The van der Waals surface area contributed by atoms with Crippen molar-refractivity contribution < 1.29 is 18.3 Å². The van der Waals surface area contributed by atoms with Crippen LogP contribution in [0.4, 0.5) is 8.78 Å². The molecule has 0 N–H and O–H groups in total. The molecule has 4 nitrogen and oxygen atoms in total. The van der Waals surface area contributed by atoms with Crippen LogP contribution in [0.25, 0.3) is 0 Å². The number of benzene rings is 2. The van der Waals surface area contributed by atoms with Crippen LogP contribution >= 0.6 is 0 Å². The van der Waals surface area contributed by atoms with Gasteiger partial charge < -0.3 is 9.47 Å². The van der Waals surface area contributed by atoms with E-state index < -0.39 is 11.6 Å². The van der Waals surface area contributed by atoms with Crippen LogP contribution in [-0.2, 0) is 15.0 Å². The third-order valence-corrected chi connectivity index (χ3v) is 5.11. The first-order valence-corrected chi connectivity index (χ1v) is 8.89. The summed E-state index contributed by atoms with van der Waals surface area (Å²) in [4.78, 5) is 0. The first kappa shape index (κ1) is 17.5. The van der Waals surface area contributed by atoms with Gasteiger partial charge in [0.05, 0.1) is 19.8 Å². The Kier molecular flexibility index (Phi) is 4.75. The quantitative estimate of drug-likeness (QED) is 0.840. The van der Waals surface area contributed by atoms with Gasteiger partial charge in [-0.1, -0.05) is 60.7 Å². The van der Waals surface area contributed by atoms with Crippen molar-refractivity contribution in [2.45, 2.75) is 11.6 Å². The lowest BCUT2D eigenvalue weighted by atomic mass is 9.79. The molecule has 2 aromatic carbocycles. The van der Waals surface area contributed by atoms with Gasteiger partial charge >= 0.3 is 6.11 Å². The van der Waals surface area contributed by atoms with Crippen LogP contribution in [0.3, 0.4) is 0 Å². The first-order chi connectivity index (χ1) is 12.7. The van der Waals surface area contributed by atoms with E-state index in [0.717, 1.165) is 0 Å². The van der Waals surface area contributed by atoms with Crippen LogP contribution in [0.5, 0.6) is 0 Å². The molecule has 0 atom stereocenters. The van der Waals surface area contributed by atoms with Crippen LogP contribution < -0.4 is 0 Å². The fourth-order valence-electron chi connectivity index (χ4n) is 3.99. The highest BCUT2D eigenvalue weighted by atomic mass is 19.3. The van der Waals surface area contributed by atoms with Crippen LogP contribution in [0, 0.1) is 0 Å². The van der Waals surface area contributed by atoms with Crippen LogP contribution in [-0.4, -0.2) is 55.6 Å². The molecule has 0 aromatic heterocycles. The SMILES string of the molecule is FC1(F)OCCN(N2CCOCC2)C1(c1ccccc1)c1ccccc1.